The number of halogens is 1. The Balaban J connectivity index is 1.71. The number of amidine groups is 1. The van der Waals surface area contributed by atoms with Crippen molar-refractivity contribution in [3.05, 3.63) is 81.7 Å². The molecule has 1 heterocycles. The van der Waals surface area contributed by atoms with E-state index in [0.717, 1.165) is 15.7 Å². The Morgan fingerprint density at radius 1 is 1.04 bits per heavy atom. The highest BCUT2D eigenvalue weighted by atomic mass is 79.9. The summed E-state index contributed by atoms with van der Waals surface area (Å²) in [7, 11) is 0. The molecule has 2 aromatic rings. The molecule has 5 heteroatoms. The van der Waals surface area contributed by atoms with Crippen LogP contribution in [0.2, 0.25) is 0 Å². The van der Waals surface area contributed by atoms with Gasteiger partial charge < -0.3 is 5.32 Å². The zero-order valence-corrected chi connectivity index (χ0v) is 14.5. The predicted molar refractivity (Wildman–Crippen MR) is 101 cm³/mol. The maximum atomic E-state index is 11.9. The van der Waals surface area contributed by atoms with Crippen LogP contribution < -0.4 is 5.32 Å². The van der Waals surface area contributed by atoms with Crippen molar-refractivity contribution in [3.63, 3.8) is 0 Å². The number of thioether (sulfide) groups is 1. The molecule has 0 atom stereocenters. The zero-order chi connectivity index (χ0) is 16.1. The monoisotopic (exact) mass is 384 g/mol. The van der Waals surface area contributed by atoms with Crippen LogP contribution in [0.3, 0.4) is 0 Å². The van der Waals surface area contributed by atoms with Gasteiger partial charge in [0, 0.05) is 4.47 Å². The van der Waals surface area contributed by atoms with Gasteiger partial charge in [-0.15, -0.1) is 0 Å². The minimum atomic E-state index is -0.122. The molecule has 1 amide bonds. The van der Waals surface area contributed by atoms with E-state index in [2.05, 4.69) is 26.2 Å². The van der Waals surface area contributed by atoms with E-state index in [1.807, 2.05) is 66.7 Å². The number of aliphatic imine (C=N–C) groups is 1. The molecule has 0 radical (unpaired) electrons. The molecule has 114 valence electrons. The highest BCUT2D eigenvalue weighted by Crippen LogP contribution is 2.26. The van der Waals surface area contributed by atoms with Gasteiger partial charge in [-0.1, -0.05) is 58.4 Å². The number of rotatable bonds is 3. The fraction of sp³-hybridized carbons (Fsp3) is 0. The molecule has 0 bridgehead atoms. The lowest BCUT2D eigenvalue weighted by Crippen LogP contribution is -2.19. The van der Waals surface area contributed by atoms with E-state index in [-0.39, 0.29) is 5.91 Å². The molecule has 0 unspecified atom stereocenters. The Bertz CT molecular complexity index is 796. The first-order valence-electron chi connectivity index (χ1n) is 6.97. The van der Waals surface area contributed by atoms with Crippen molar-refractivity contribution >= 4 is 50.5 Å². The minimum Gasteiger partial charge on any atom is -0.300 e. The predicted octanol–water partition coefficient (Wildman–Crippen LogP) is 4.90. The molecule has 1 aliphatic heterocycles. The summed E-state index contributed by atoms with van der Waals surface area (Å²) in [4.78, 5) is 17.0. The highest BCUT2D eigenvalue weighted by Gasteiger charge is 2.22. The second kappa shape index (κ2) is 7.44. The van der Waals surface area contributed by atoms with Gasteiger partial charge in [0.25, 0.3) is 5.91 Å². The average molecular weight is 385 g/mol. The van der Waals surface area contributed by atoms with Gasteiger partial charge >= 0.3 is 0 Å². The van der Waals surface area contributed by atoms with Crippen LogP contribution >= 0.6 is 27.7 Å². The number of nitrogens with zero attached hydrogens (tertiary/aromatic N) is 1. The molecule has 1 aliphatic rings. The summed E-state index contributed by atoms with van der Waals surface area (Å²) >= 11 is 4.73. The third kappa shape index (κ3) is 4.43. The summed E-state index contributed by atoms with van der Waals surface area (Å²) in [5.41, 5.74) is 1.90. The quantitative estimate of drug-likeness (QED) is 0.764. The van der Waals surface area contributed by atoms with Crippen molar-refractivity contribution < 1.29 is 4.79 Å². The number of benzene rings is 2. The lowest BCUT2D eigenvalue weighted by Gasteiger charge is -1.96. The number of nitrogens with one attached hydrogen (secondary N) is 1. The second-order valence-electron chi connectivity index (χ2n) is 4.75. The molecule has 0 aliphatic carbocycles. The number of carbonyl (C=O) groups is 1. The van der Waals surface area contributed by atoms with Gasteiger partial charge in [-0.3, -0.25) is 4.79 Å². The van der Waals surface area contributed by atoms with Crippen LogP contribution in [0, 0.1) is 0 Å². The SMILES string of the molecule is O=C1NC(=Nc2ccc(Br)cc2)SC1=CC=Cc1ccccc1. The third-order valence-corrected chi connectivity index (χ3v) is 4.50. The van der Waals surface area contributed by atoms with E-state index in [0.29, 0.717) is 10.1 Å². The van der Waals surface area contributed by atoms with E-state index in [1.54, 1.807) is 6.08 Å². The van der Waals surface area contributed by atoms with Crippen molar-refractivity contribution in [1.29, 1.82) is 0 Å². The van der Waals surface area contributed by atoms with Crippen LogP contribution in [0.15, 0.2) is 81.1 Å². The highest BCUT2D eigenvalue weighted by molar-refractivity contribution is 9.10. The van der Waals surface area contributed by atoms with Gasteiger partial charge in [0.15, 0.2) is 5.17 Å². The summed E-state index contributed by atoms with van der Waals surface area (Å²) < 4.78 is 0.996. The lowest BCUT2D eigenvalue weighted by molar-refractivity contribution is -0.115. The molecular formula is C18H13BrN2OS. The Hall–Kier alpha value is -2.11. The number of carbonyl (C=O) groups excluding carboxylic acids is 1. The largest absolute Gasteiger partial charge is 0.300 e. The van der Waals surface area contributed by atoms with E-state index in [9.17, 15) is 4.79 Å². The Morgan fingerprint density at radius 2 is 1.78 bits per heavy atom. The van der Waals surface area contributed by atoms with Crippen molar-refractivity contribution in [1.82, 2.24) is 5.32 Å². The van der Waals surface area contributed by atoms with Crippen molar-refractivity contribution in [2.75, 3.05) is 0 Å². The van der Waals surface area contributed by atoms with Crippen LogP contribution in [0.25, 0.3) is 6.08 Å². The first-order chi connectivity index (χ1) is 11.2. The molecule has 3 nitrogen and oxygen atoms in total. The summed E-state index contributed by atoms with van der Waals surface area (Å²) in [6.45, 7) is 0. The van der Waals surface area contributed by atoms with Crippen molar-refractivity contribution in [2.24, 2.45) is 4.99 Å². The maximum absolute atomic E-state index is 11.9. The van der Waals surface area contributed by atoms with Gasteiger partial charge in [-0.25, -0.2) is 4.99 Å². The van der Waals surface area contributed by atoms with E-state index < -0.39 is 0 Å². The normalized spacial score (nSPS) is 18.0. The lowest BCUT2D eigenvalue weighted by atomic mass is 10.2. The average Bonchev–Trinajstić information content (AvgIpc) is 2.90. The van der Waals surface area contributed by atoms with Crippen LogP contribution in [0.5, 0.6) is 0 Å². The van der Waals surface area contributed by atoms with E-state index in [4.69, 9.17) is 0 Å². The van der Waals surface area contributed by atoms with Crippen LogP contribution in [0.1, 0.15) is 5.56 Å². The molecule has 0 aromatic heterocycles. The summed E-state index contributed by atoms with van der Waals surface area (Å²) in [5.74, 6) is -0.122. The zero-order valence-electron chi connectivity index (χ0n) is 12.1. The smallest absolute Gasteiger partial charge is 0.264 e. The second-order valence-corrected chi connectivity index (χ2v) is 6.70. The third-order valence-electron chi connectivity index (χ3n) is 3.04. The molecule has 3 rings (SSSR count). The van der Waals surface area contributed by atoms with Gasteiger partial charge in [0.1, 0.15) is 0 Å². The fourth-order valence-electron chi connectivity index (χ4n) is 1.94. The van der Waals surface area contributed by atoms with Gasteiger partial charge in [0.2, 0.25) is 0 Å². The Morgan fingerprint density at radius 3 is 2.52 bits per heavy atom. The number of amides is 1. The molecule has 23 heavy (non-hydrogen) atoms. The summed E-state index contributed by atoms with van der Waals surface area (Å²) in [6.07, 6.45) is 5.64. The van der Waals surface area contributed by atoms with Crippen LogP contribution in [-0.2, 0) is 4.79 Å². The van der Waals surface area contributed by atoms with Gasteiger partial charge in [-0.05, 0) is 47.7 Å². The molecule has 2 aromatic carbocycles. The summed E-state index contributed by atoms with van der Waals surface area (Å²) in [6, 6.07) is 17.6. The standard InChI is InChI=1S/C18H13BrN2OS/c19-14-9-11-15(12-10-14)20-18-21-17(22)16(23-18)8-4-7-13-5-2-1-3-6-13/h1-12H,(H,20,21,22). The van der Waals surface area contributed by atoms with Crippen molar-refractivity contribution in [2.45, 2.75) is 0 Å². The Kier molecular flexibility index (Phi) is 5.10. The van der Waals surface area contributed by atoms with Crippen molar-refractivity contribution in [3.8, 4) is 0 Å². The first-order valence-corrected chi connectivity index (χ1v) is 8.58. The Labute approximate surface area is 147 Å². The first kappa shape index (κ1) is 15.8. The number of allylic oxidation sites excluding steroid dienone is 2. The van der Waals surface area contributed by atoms with Gasteiger partial charge in [-0.2, -0.15) is 0 Å². The molecule has 1 fully saturated rings. The molecular weight excluding hydrogens is 372 g/mol. The van der Waals surface area contributed by atoms with E-state index >= 15 is 0 Å². The van der Waals surface area contributed by atoms with E-state index in [1.165, 1.54) is 11.8 Å². The molecule has 1 N–H and O–H groups in total. The van der Waals surface area contributed by atoms with Crippen LogP contribution in [-0.4, -0.2) is 11.1 Å². The fourth-order valence-corrected chi connectivity index (χ4v) is 3.00. The molecule has 0 spiro atoms. The maximum Gasteiger partial charge on any atom is 0.264 e. The summed E-state index contributed by atoms with van der Waals surface area (Å²) in [5, 5.41) is 3.37. The molecule has 1 saturated heterocycles. The number of hydrogen-bond acceptors (Lipinski definition) is 3. The van der Waals surface area contributed by atoms with Crippen LogP contribution in [0.4, 0.5) is 5.69 Å². The van der Waals surface area contributed by atoms with Gasteiger partial charge in [0.05, 0.1) is 10.6 Å². The minimum absolute atomic E-state index is 0.122. The topological polar surface area (TPSA) is 41.5 Å². The molecule has 0 saturated carbocycles. The number of hydrogen-bond donors (Lipinski definition) is 1.